The van der Waals surface area contributed by atoms with Crippen molar-refractivity contribution in [1.82, 2.24) is 4.98 Å². The van der Waals surface area contributed by atoms with Crippen molar-refractivity contribution in [3.63, 3.8) is 0 Å². The third-order valence-corrected chi connectivity index (χ3v) is 5.88. The van der Waals surface area contributed by atoms with Gasteiger partial charge in [-0.05, 0) is 37.3 Å². The number of aromatic carboxylic acids is 1. The largest absolute Gasteiger partial charge is 0.477 e. The van der Waals surface area contributed by atoms with Crippen LogP contribution in [0.4, 0.5) is 5.69 Å². The number of pyridine rings is 1. The van der Waals surface area contributed by atoms with Gasteiger partial charge in [-0.15, -0.1) is 0 Å². The van der Waals surface area contributed by atoms with Crippen molar-refractivity contribution in [2.45, 2.75) is 11.8 Å². The van der Waals surface area contributed by atoms with E-state index in [1.54, 1.807) is 24.3 Å². The highest BCUT2D eigenvalue weighted by atomic mass is 32.2. The summed E-state index contributed by atoms with van der Waals surface area (Å²) in [6.07, 6.45) is 1.06. The number of aromatic nitrogens is 1. The number of rotatable bonds is 5. The number of aryl methyl sites for hydroxylation is 1. The normalized spacial score (nSPS) is 11.5. The zero-order valence-electron chi connectivity index (χ0n) is 14.2. The van der Waals surface area contributed by atoms with Gasteiger partial charge in [-0.3, -0.25) is 4.79 Å². The molecular weight excluding hydrogens is 372 g/mol. The van der Waals surface area contributed by atoms with Crippen LogP contribution in [0.1, 0.15) is 15.9 Å². The molecule has 9 heteroatoms. The van der Waals surface area contributed by atoms with Crippen molar-refractivity contribution in [2.75, 3.05) is 11.0 Å². The number of H-pyrrole nitrogens is 1. The molecule has 3 rings (SSSR count). The Labute approximate surface area is 154 Å². The minimum Gasteiger partial charge on any atom is -0.477 e. The Morgan fingerprint density at radius 2 is 1.81 bits per heavy atom. The molecule has 140 valence electrons. The lowest BCUT2D eigenvalue weighted by Gasteiger charge is -2.22. The summed E-state index contributed by atoms with van der Waals surface area (Å²) < 4.78 is 26.7. The number of anilines is 1. The van der Waals surface area contributed by atoms with Crippen LogP contribution in [0.15, 0.2) is 58.4 Å². The van der Waals surface area contributed by atoms with E-state index in [0.29, 0.717) is 5.52 Å². The number of hydrogen-bond donors (Lipinski definition) is 3. The Bertz CT molecular complexity index is 1180. The second kappa shape index (κ2) is 6.86. The molecule has 0 bridgehead atoms. The van der Waals surface area contributed by atoms with Gasteiger partial charge in [0.25, 0.3) is 10.0 Å². The van der Waals surface area contributed by atoms with E-state index in [2.05, 4.69) is 4.98 Å². The lowest BCUT2D eigenvalue weighted by molar-refractivity contribution is 0.0695. The molecule has 3 aromatic rings. The summed E-state index contributed by atoms with van der Waals surface area (Å²) in [4.78, 5) is 25.9. The summed E-state index contributed by atoms with van der Waals surface area (Å²) >= 11 is 0. The van der Waals surface area contributed by atoms with Crippen LogP contribution in [0.3, 0.4) is 0 Å². The van der Waals surface area contributed by atoms with Crippen LogP contribution in [-0.4, -0.2) is 36.3 Å². The molecule has 8 nitrogen and oxygen atoms in total. The van der Waals surface area contributed by atoms with E-state index in [-0.39, 0.29) is 16.0 Å². The van der Waals surface area contributed by atoms with Gasteiger partial charge < -0.3 is 15.2 Å². The summed E-state index contributed by atoms with van der Waals surface area (Å²) in [6, 6.07) is 10.3. The SMILES string of the molecule is Cc1ccc(N(CO)S(=O)(=O)c2ccc3[nH]cc(C(=O)O)c(=O)c3c2)cc1. The van der Waals surface area contributed by atoms with E-state index in [1.807, 2.05) is 6.92 Å². The van der Waals surface area contributed by atoms with Crippen molar-refractivity contribution in [3.8, 4) is 0 Å². The van der Waals surface area contributed by atoms with Gasteiger partial charge in [0.05, 0.1) is 10.6 Å². The molecule has 0 aliphatic carbocycles. The molecule has 0 atom stereocenters. The first-order chi connectivity index (χ1) is 12.8. The highest BCUT2D eigenvalue weighted by Gasteiger charge is 2.25. The number of aliphatic hydroxyl groups excluding tert-OH is 1. The lowest BCUT2D eigenvalue weighted by atomic mass is 10.1. The minimum absolute atomic E-state index is 0.0715. The highest BCUT2D eigenvalue weighted by molar-refractivity contribution is 7.92. The Hall–Kier alpha value is -3.17. The number of aromatic amines is 1. The number of carboxylic acid groups (broad SMARTS) is 1. The summed E-state index contributed by atoms with van der Waals surface area (Å²) in [7, 11) is -4.18. The molecule has 0 saturated carbocycles. The molecule has 0 aliphatic rings. The predicted molar refractivity (Wildman–Crippen MR) is 99.5 cm³/mol. The maximum Gasteiger partial charge on any atom is 0.341 e. The number of benzene rings is 2. The summed E-state index contributed by atoms with van der Waals surface area (Å²) in [5.74, 6) is -1.41. The van der Waals surface area contributed by atoms with E-state index >= 15 is 0 Å². The molecule has 27 heavy (non-hydrogen) atoms. The van der Waals surface area contributed by atoms with Crippen LogP contribution in [0.5, 0.6) is 0 Å². The Morgan fingerprint density at radius 1 is 1.15 bits per heavy atom. The van der Waals surface area contributed by atoms with Crippen LogP contribution in [0, 0.1) is 6.92 Å². The van der Waals surface area contributed by atoms with E-state index < -0.39 is 33.7 Å². The number of carbonyl (C=O) groups is 1. The molecule has 2 aromatic carbocycles. The van der Waals surface area contributed by atoms with Gasteiger partial charge >= 0.3 is 5.97 Å². The summed E-state index contributed by atoms with van der Waals surface area (Å²) in [6.45, 7) is 1.05. The molecule has 0 radical (unpaired) electrons. The van der Waals surface area contributed by atoms with Crippen LogP contribution in [0.2, 0.25) is 0 Å². The standard InChI is InChI=1S/C18H16N2O6S/c1-11-2-4-12(5-3-11)20(10-21)27(25,26)13-6-7-16-14(8-13)17(22)15(9-19-16)18(23)24/h2-9,21H,10H2,1H3,(H,19,22)(H,23,24). The first-order valence-electron chi connectivity index (χ1n) is 7.84. The topological polar surface area (TPSA) is 128 Å². The van der Waals surface area contributed by atoms with Gasteiger partial charge in [0.1, 0.15) is 12.3 Å². The number of aliphatic hydroxyl groups is 1. The Balaban J connectivity index is 2.17. The zero-order valence-corrected chi connectivity index (χ0v) is 15.0. The molecule has 1 heterocycles. The number of carboxylic acids is 1. The average molecular weight is 388 g/mol. The zero-order chi connectivity index (χ0) is 19.8. The van der Waals surface area contributed by atoms with E-state index in [9.17, 15) is 23.1 Å². The minimum atomic E-state index is -4.18. The first kappa shape index (κ1) is 18.6. The van der Waals surface area contributed by atoms with Gasteiger partial charge in [0, 0.05) is 17.1 Å². The number of nitrogens with zero attached hydrogens (tertiary/aromatic N) is 1. The van der Waals surface area contributed by atoms with Crippen molar-refractivity contribution in [1.29, 1.82) is 0 Å². The molecular formula is C18H16N2O6S. The van der Waals surface area contributed by atoms with Crippen LogP contribution in [-0.2, 0) is 10.0 Å². The summed E-state index contributed by atoms with van der Waals surface area (Å²) in [5, 5.41) is 18.6. The quantitative estimate of drug-likeness (QED) is 0.571. The van der Waals surface area contributed by atoms with E-state index in [1.165, 1.54) is 12.1 Å². The number of fused-ring (bicyclic) bond motifs is 1. The van der Waals surface area contributed by atoms with Crippen molar-refractivity contribution >= 4 is 32.6 Å². The maximum atomic E-state index is 13.0. The molecule has 1 aromatic heterocycles. The fraction of sp³-hybridized carbons (Fsp3) is 0.111. The number of nitrogens with one attached hydrogen (secondary N) is 1. The van der Waals surface area contributed by atoms with Gasteiger partial charge in [-0.25, -0.2) is 17.5 Å². The Kier molecular flexibility index (Phi) is 4.73. The Morgan fingerprint density at radius 3 is 2.41 bits per heavy atom. The third kappa shape index (κ3) is 3.29. The van der Waals surface area contributed by atoms with Crippen molar-refractivity contribution in [2.24, 2.45) is 0 Å². The van der Waals surface area contributed by atoms with Crippen molar-refractivity contribution in [3.05, 3.63) is 70.0 Å². The second-order valence-corrected chi connectivity index (χ2v) is 7.74. The second-order valence-electron chi connectivity index (χ2n) is 5.87. The molecule has 0 aliphatic heterocycles. The lowest BCUT2D eigenvalue weighted by Crippen LogP contribution is -2.32. The predicted octanol–water partition coefficient (Wildman–Crippen LogP) is 1.68. The average Bonchev–Trinajstić information content (AvgIpc) is 2.63. The maximum absolute atomic E-state index is 13.0. The van der Waals surface area contributed by atoms with Crippen LogP contribution < -0.4 is 9.73 Å². The summed E-state index contributed by atoms with van der Waals surface area (Å²) in [5.41, 5.74) is 0.201. The van der Waals surface area contributed by atoms with E-state index in [0.717, 1.165) is 22.1 Å². The number of hydrogen-bond acceptors (Lipinski definition) is 5. The molecule has 0 fully saturated rings. The molecule has 0 spiro atoms. The van der Waals surface area contributed by atoms with Gasteiger partial charge in [0.15, 0.2) is 0 Å². The van der Waals surface area contributed by atoms with Gasteiger partial charge in [-0.1, -0.05) is 17.7 Å². The smallest absolute Gasteiger partial charge is 0.341 e. The fourth-order valence-electron chi connectivity index (χ4n) is 2.65. The monoisotopic (exact) mass is 388 g/mol. The third-order valence-electron chi connectivity index (χ3n) is 4.12. The highest BCUT2D eigenvalue weighted by Crippen LogP contribution is 2.25. The first-order valence-corrected chi connectivity index (χ1v) is 9.28. The molecule has 0 saturated heterocycles. The number of sulfonamides is 1. The molecule has 0 amide bonds. The molecule has 0 unspecified atom stereocenters. The van der Waals surface area contributed by atoms with Crippen molar-refractivity contribution < 1.29 is 23.4 Å². The molecule has 3 N–H and O–H groups in total. The van der Waals surface area contributed by atoms with Gasteiger partial charge in [0.2, 0.25) is 5.43 Å². The fourth-order valence-corrected chi connectivity index (χ4v) is 3.96. The van der Waals surface area contributed by atoms with Crippen LogP contribution in [0.25, 0.3) is 10.9 Å². The van der Waals surface area contributed by atoms with Crippen LogP contribution >= 0.6 is 0 Å². The van der Waals surface area contributed by atoms with E-state index in [4.69, 9.17) is 5.11 Å². The van der Waals surface area contributed by atoms with Gasteiger partial charge in [-0.2, -0.15) is 0 Å².